The third kappa shape index (κ3) is 4.86. The van der Waals surface area contributed by atoms with Gasteiger partial charge in [0.05, 0.1) is 28.2 Å². The molecule has 0 amide bonds. The molecule has 7 nitrogen and oxygen atoms in total. The van der Waals surface area contributed by atoms with Crippen LogP contribution in [-0.4, -0.2) is 19.9 Å². The molecule has 2 unspecified atom stereocenters. The Morgan fingerprint density at radius 2 is 1.12 bits per heavy atom. The van der Waals surface area contributed by atoms with Gasteiger partial charge < -0.3 is 13.7 Å². The molecule has 0 N–H and O–H groups in total. The molecule has 12 rings (SSSR count). The zero-order valence-corrected chi connectivity index (χ0v) is 32.3. The van der Waals surface area contributed by atoms with Crippen molar-refractivity contribution in [2.24, 2.45) is 0 Å². The molecule has 4 aromatic heterocycles. The Labute approximate surface area is 339 Å². The molecule has 8 heteroatoms. The fourth-order valence-electron chi connectivity index (χ4n) is 9.21. The Bertz CT molecular complexity index is 3300. The van der Waals surface area contributed by atoms with Crippen LogP contribution in [0.25, 0.3) is 56.1 Å². The lowest BCUT2D eigenvalue weighted by Crippen LogP contribution is -2.47. The van der Waals surface area contributed by atoms with E-state index in [4.69, 9.17) is 19.1 Å². The number of furan rings is 1. The lowest BCUT2D eigenvalue weighted by atomic mass is 9.63. The predicted molar refractivity (Wildman–Crippen MR) is 233 cm³/mol. The molecule has 0 fully saturated rings. The van der Waals surface area contributed by atoms with Gasteiger partial charge in [-0.05, 0) is 71.8 Å². The summed E-state index contributed by atoms with van der Waals surface area (Å²) < 4.78 is 29.9. The Kier molecular flexibility index (Phi) is 7.28. The first-order valence-electron chi connectivity index (χ1n) is 19.5. The van der Waals surface area contributed by atoms with E-state index in [1.807, 2.05) is 127 Å². The maximum Gasteiger partial charge on any atom is 0.171 e. The lowest BCUT2D eigenvalue weighted by molar-refractivity contribution is 0.435. The topological polar surface area (TPSA) is 91.0 Å². The molecule has 0 saturated carbocycles. The van der Waals surface area contributed by atoms with Crippen molar-refractivity contribution in [2.75, 3.05) is 0 Å². The van der Waals surface area contributed by atoms with Gasteiger partial charge in [0.1, 0.15) is 22.7 Å². The number of rotatable bonds is 4. The number of para-hydroxylation sites is 2. The molecule has 59 heavy (non-hydrogen) atoms. The normalized spacial score (nSPS) is 17.5. The number of hydrogen-bond donors (Lipinski definition) is 0. The zero-order valence-electron chi connectivity index (χ0n) is 31.4. The smallest absolute Gasteiger partial charge is 0.171 e. The van der Waals surface area contributed by atoms with Crippen LogP contribution in [-0.2, 0) is 9.98 Å². The molecule has 0 radical (unpaired) electrons. The number of hydrogen-bond acceptors (Lipinski definition) is 7. The fourth-order valence-corrected chi connectivity index (χ4v) is 12.4. The minimum Gasteiger partial charge on any atom is -0.457 e. The van der Waals surface area contributed by atoms with E-state index >= 15 is 4.57 Å². The van der Waals surface area contributed by atoms with Gasteiger partial charge in [0.25, 0.3) is 0 Å². The average molecular weight is 779 g/mol. The highest BCUT2D eigenvalue weighted by Gasteiger charge is 2.55. The highest BCUT2D eigenvalue weighted by molar-refractivity contribution is 7.85. The fraction of sp³-hybridized carbons (Fsp3) is 0.0196. The molecule has 2 aliphatic rings. The van der Waals surface area contributed by atoms with Crippen molar-refractivity contribution in [2.45, 2.75) is 5.41 Å². The first kappa shape index (κ1) is 33.6. The molecule has 278 valence electrons. The average Bonchev–Trinajstić information content (AvgIpc) is 3.68. The predicted octanol–water partition coefficient (Wildman–Crippen LogP) is 10.6. The van der Waals surface area contributed by atoms with Gasteiger partial charge in [-0.3, -0.25) is 9.97 Å². The van der Waals surface area contributed by atoms with Crippen molar-refractivity contribution in [1.29, 1.82) is 0 Å². The minimum absolute atomic E-state index is 0.512. The Balaban J connectivity index is 1.17. The van der Waals surface area contributed by atoms with Gasteiger partial charge in [-0.2, -0.15) is 0 Å². The van der Waals surface area contributed by atoms with Crippen LogP contribution < -0.4 is 20.7 Å². The quantitative estimate of drug-likeness (QED) is 0.164. The maximum absolute atomic E-state index is 16.4. The van der Waals surface area contributed by atoms with Gasteiger partial charge >= 0.3 is 0 Å². The molecular weight excluding hydrogens is 748 g/mol. The van der Waals surface area contributed by atoms with Crippen LogP contribution in [0.2, 0.25) is 0 Å². The first-order chi connectivity index (χ1) is 29.1. The molecule has 6 heterocycles. The van der Waals surface area contributed by atoms with Gasteiger partial charge in [0.2, 0.25) is 0 Å². The van der Waals surface area contributed by atoms with Crippen LogP contribution in [0.3, 0.4) is 0 Å². The SMILES string of the molecule is O=P1(c2ccccc2)c2ccccc2C2(c3ccccc3Oc3cc(-c4nc(-c5ccccn5)cc(-c5ccccn5)n4)ccc32)c2cc3c(cc21)oc1ccccc13. The van der Waals surface area contributed by atoms with E-state index in [1.165, 1.54) is 0 Å². The van der Waals surface area contributed by atoms with E-state index in [0.717, 1.165) is 71.5 Å². The van der Waals surface area contributed by atoms with Crippen LogP contribution in [0.5, 0.6) is 11.5 Å². The summed E-state index contributed by atoms with van der Waals surface area (Å²) in [5.74, 6) is 1.88. The van der Waals surface area contributed by atoms with Crippen molar-refractivity contribution in [3.05, 3.63) is 211 Å². The Hall–Kier alpha value is -7.47. The van der Waals surface area contributed by atoms with Crippen LogP contribution in [0.15, 0.2) is 193 Å². The third-order valence-electron chi connectivity index (χ3n) is 11.7. The highest BCUT2D eigenvalue weighted by Crippen LogP contribution is 2.62. The van der Waals surface area contributed by atoms with Crippen molar-refractivity contribution >= 4 is 45.0 Å². The maximum atomic E-state index is 16.4. The molecule has 1 spiro atoms. The summed E-state index contributed by atoms with van der Waals surface area (Å²) in [6.07, 6.45) is 3.52. The summed E-state index contributed by atoms with van der Waals surface area (Å²) >= 11 is 0. The van der Waals surface area contributed by atoms with E-state index < -0.39 is 12.6 Å². The van der Waals surface area contributed by atoms with Crippen molar-refractivity contribution < 1.29 is 13.7 Å². The van der Waals surface area contributed by atoms with E-state index in [1.54, 1.807) is 12.4 Å². The van der Waals surface area contributed by atoms with Crippen molar-refractivity contribution in [1.82, 2.24) is 19.9 Å². The second-order valence-corrected chi connectivity index (χ2v) is 17.6. The largest absolute Gasteiger partial charge is 0.457 e. The molecule has 2 aliphatic heterocycles. The van der Waals surface area contributed by atoms with Gasteiger partial charge in [0, 0.05) is 55.8 Å². The summed E-state index contributed by atoms with van der Waals surface area (Å²) in [6, 6.07) is 58.4. The van der Waals surface area contributed by atoms with Crippen molar-refractivity contribution in [3.8, 4) is 45.7 Å². The second kappa shape index (κ2) is 12.8. The summed E-state index contributed by atoms with van der Waals surface area (Å²) in [5, 5.41) is 4.25. The number of benzene rings is 6. The van der Waals surface area contributed by atoms with E-state index in [0.29, 0.717) is 34.3 Å². The van der Waals surface area contributed by atoms with Crippen LogP contribution in [0.4, 0.5) is 0 Å². The van der Waals surface area contributed by atoms with E-state index in [-0.39, 0.29) is 0 Å². The van der Waals surface area contributed by atoms with Gasteiger partial charge in [-0.15, -0.1) is 0 Å². The molecular formula is C51H31N4O3P. The number of fused-ring (bicyclic) bond motifs is 11. The minimum atomic E-state index is -3.47. The zero-order chi connectivity index (χ0) is 39.1. The number of nitrogens with zero attached hydrogens (tertiary/aromatic N) is 4. The van der Waals surface area contributed by atoms with Crippen LogP contribution >= 0.6 is 7.14 Å². The standard InChI is InChI=1S/C51H31N4O3P/c56-59(33-14-2-1-3-15-33)48-23-9-6-18-38(48)51(39-29-35-34-16-4-7-21-44(34)57-46(35)31-49(39)59)36-17-5-8-22-45(36)58-47-28-32(24-25-37(47)51)50-54-42(40-19-10-12-26-52-40)30-43(55-50)41-20-11-13-27-53-41/h1-31H. The van der Waals surface area contributed by atoms with E-state index in [2.05, 4.69) is 58.5 Å². The van der Waals surface area contributed by atoms with Crippen LogP contribution in [0.1, 0.15) is 22.3 Å². The van der Waals surface area contributed by atoms with Crippen molar-refractivity contribution in [3.63, 3.8) is 0 Å². The molecule has 0 bridgehead atoms. The summed E-state index contributed by atoms with van der Waals surface area (Å²) in [5.41, 5.74) is 7.89. The number of ether oxygens (including phenoxy) is 1. The van der Waals surface area contributed by atoms with Gasteiger partial charge in [0.15, 0.2) is 13.0 Å². The third-order valence-corrected chi connectivity index (χ3v) is 14.9. The Morgan fingerprint density at radius 1 is 0.458 bits per heavy atom. The second-order valence-electron chi connectivity index (χ2n) is 14.9. The van der Waals surface area contributed by atoms with Crippen LogP contribution in [0, 0.1) is 0 Å². The molecule has 10 aromatic rings. The molecule has 2 atom stereocenters. The molecule has 0 aliphatic carbocycles. The van der Waals surface area contributed by atoms with E-state index in [9.17, 15) is 0 Å². The summed E-state index contributed by atoms with van der Waals surface area (Å²) in [7, 11) is -3.47. The first-order valence-corrected chi connectivity index (χ1v) is 21.2. The summed E-state index contributed by atoms with van der Waals surface area (Å²) in [6.45, 7) is 0. The summed E-state index contributed by atoms with van der Waals surface area (Å²) in [4.78, 5) is 19.4. The van der Waals surface area contributed by atoms with Gasteiger partial charge in [-0.25, -0.2) is 9.97 Å². The number of pyridine rings is 2. The molecule has 6 aromatic carbocycles. The highest BCUT2D eigenvalue weighted by atomic mass is 31.2. The lowest BCUT2D eigenvalue weighted by Gasteiger charge is -2.47. The Morgan fingerprint density at radius 3 is 1.88 bits per heavy atom. The monoisotopic (exact) mass is 778 g/mol. The molecule has 0 saturated heterocycles. The van der Waals surface area contributed by atoms with Gasteiger partial charge in [-0.1, -0.05) is 115 Å². The number of aromatic nitrogens is 4.